The molecule has 5 nitrogen and oxygen atoms in total. The minimum atomic E-state index is 0.0286. The van der Waals surface area contributed by atoms with Crippen molar-refractivity contribution in [2.75, 3.05) is 13.2 Å². The Morgan fingerprint density at radius 2 is 2.05 bits per heavy atom. The molecule has 1 rings (SSSR count). The number of aromatic nitrogens is 2. The molecule has 5 heteroatoms. The smallest absolute Gasteiger partial charge is 0.224 e. The van der Waals surface area contributed by atoms with Gasteiger partial charge in [0.05, 0.1) is 12.1 Å². The Balaban J connectivity index is 2.52. The van der Waals surface area contributed by atoms with Crippen LogP contribution in [0, 0.1) is 25.7 Å². The molecule has 0 aromatic carbocycles. The van der Waals surface area contributed by atoms with Gasteiger partial charge >= 0.3 is 0 Å². The molecule has 1 aromatic rings. The number of aryl methyl sites for hydroxylation is 2. The second kappa shape index (κ2) is 8.17. The molecule has 21 heavy (non-hydrogen) atoms. The molecule has 0 saturated heterocycles. The molecule has 0 fully saturated rings. The van der Waals surface area contributed by atoms with Crippen LogP contribution >= 0.6 is 0 Å². The number of carbonyl (C=O) groups excluding carboxylic acids is 1. The van der Waals surface area contributed by atoms with Crippen LogP contribution in [-0.2, 0) is 18.3 Å². The predicted molar refractivity (Wildman–Crippen MR) is 84.0 cm³/mol. The van der Waals surface area contributed by atoms with Crippen molar-refractivity contribution in [3.05, 3.63) is 17.0 Å². The topological polar surface area (TPSA) is 67.2 Å². The van der Waals surface area contributed by atoms with E-state index in [0.717, 1.165) is 29.8 Å². The van der Waals surface area contributed by atoms with Crippen LogP contribution in [-0.4, -0.2) is 33.9 Å². The maximum atomic E-state index is 12.1. The maximum Gasteiger partial charge on any atom is 0.224 e. The number of hydrogen-bond donors (Lipinski definition) is 2. The number of carbonyl (C=O) groups is 1. The Hall–Kier alpha value is -1.36. The highest BCUT2D eigenvalue weighted by atomic mass is 16.3. The van der Waals surface area contributed by atoms with E-state index in [1.165, 1.54) is 0 Å². The van der Waals surface area contributed by atoms with Crippen molar-refractivity contribution in [3.8, 4) is 0 Å². The lowest BCUT2D eigenvalue weighted by atomic mass is 9.94. The quantitative estimate of drug-likeness (QED) is 0.767. The molecule has 0 spiro atoms. The number of rotatable bonds is 8. The third kappa shape index (κ3) is 5.50. The zero-order chi connectivity index (χ0) is 16.0. The van der Waals surface area contributed by atoms with Crippen LogP contribution in [0.15, 0.2) is 0 Å². The Kier molecular flexibility index (Phi) is 6.89. The maximum absolute atomic E-state index is 12.1. The molecule has 1 amide bonds. The minimum Gasteiger partial charge on any atom is -0.396 e. The Morgan fingerprint density at radius 1 is 1.38 bits per heavy atom. The summed E-state index contributed by atoms with van der Waals surface area (Å²) in [6.45, 7) is 9.05. The normalized spacial score (nSPS) is 12.7. The first-order chi connectivity index (χ1) is 9.85. The van der Waals surface area contributed by atoms with Gasteiger partial charge in [-0.3, -0.25) is 9.48 Å². The molecule has 0 aliphatic heterocycles. The molecular formula is C16H29N3O2. The van der Waals surface area contributed by atoms with E-state index in [4.69, 9.17) is 5.11 Å². The van der Waals surface area contributed by atoms with Gasteiger partial charge in [0.1, 0.15) is 0 Å². The molecule has 0 saturated carbocycles. The molecule has 0 radical (unpaired) electrons. The van der Waals surface area contributed by atoms with Gasteiger partial charge in [-0.25, -0.2) is 0 Å². The first kappa shape index (κ1) is 17.7. The summed E-state index contributed by atoms with van der Waals surface area (Å²) in [5.41, 5.74) is 2.97. The number of amides is 1. The molecule has 1 unspecified atom stereocenters. The van der Waals surface area contributed by atoms with Crippen LogP contribution in [0.4, 0.5) is 0 Å². The molecular weight excluding hydrogens is 266 g/mol. The van der Waals surface area contributed by atoms with Crippen LogP contribution in [0.1, 0.15) is 43.6 Å². The van der Waals surface area contributed by atoms with E-state index >= 15 is 0 Å². The minimum absolute atomic E-state index is 0.0286. The largest absolute Gasteiger partial charge is 0.396 e. The van der Waals surface area contributed by atoms with Gasteiger partial charge in [0, 0.05) is 31.5 Å². The predicted octanol–water partition coefficient (Wildman–Crippen LogP) is 1.74. The van der Waals surface area contributed by atoms with Gasteiger partial charge in [-0.05, 0) is 38.5 Å². The highest BCUT2D eigenvalue weighted by molar-refractivity contribution is 5.79. The molecule has 0 aliphatic rings. The van der Waals surface area contributed by atoms with Gasteiger partial charge in [0.15, 0.2) is 0 Å². The van der Waals surface area contributed by atoms with E-state index in [1.54, 1.807) is 0 Å². The van der Waals surface area contributed by atoms with Crippen molar-refractivity contribution in [3.63, 3.8) is 0 Å². The van der Waals surface area contributed by atoms with Gasteiger partial charge in [0.2, 0.25) is 5.91 Å². The summed E-state index contributed by atoms with van der Waals surface area (Å²) < 4.78 is 1.81. The fraction of sp³-hybridized carbons (Fsp3) is 0.750. The third-order valence-electron chi connectivity index (χ3n) is 3.93. The van der Waals surface area contributed by atoms with Crippen LogP contribution in [0.3, 0.4) is 0 Å². The first-order valence-corrected chi connectivity index (χ1v) is 7.71. The van der Waals surface area contributed by atoms with Crippen LogP contribution in [0.5, 0.6) is 0 Å². The Bertz CT molecular complexity index is 466. The molecule has 2 N–H and O–H groups in total. The lowest BCUT2D eigenvalue weighted by Gasteiger charge is -2.18. The van der Waals surface area contributed by atoms with Crippen molar-refractivity contribution in [1.82, 2.24) is 15.1 Å². The van der Waals surface area contributed by atoms with E-state index in [0.29, 0.717) is 24.8 Å². The number of nitrogens with one attached hydrogen (secondary N) is 1. The number of nitrogens with zero attached hydrogens (tertiary/aromatic N) is 2. The SMILES string of the molecule is Cc1nn(C)c(C)c1CC(=O)NCC(CCO)CC(C)C. The zero-order valence-electron chi connectivity index (χ0n) is 13.9. The zero-order valence-corrected chi connectivity index (χ0v) is 13.9. The summed E-state index contributed by atoms with van der Waals surface area (Å²) in [6, 6.07) is 0. The Labute approximate surface area is 127 Å². The fourth-order valence-corrected chi connectivity index (χ4v) is 2.71. The summed E-state index contributed by atoms with van der Waals surface area (Å²) in [4.78, 5) is 12.1. The third-order valence-corrected chi connectivity index (χ3v) is 3.93. The van der Waals surface area contributed by atoms with E-state index in [2.05, 4.69) is 24.3 Å². The molecule has 1 heterocycles. The van der Waals surface area contributed by atoms with Crippen LogP contribution in [0.25, 0.3) is 0 Å². The van der Waals surface area contributed by atoms with Gasteiger partial charge in [-0.1, -0.05) is 13.8 Å². The van der Waals surface area contributed by atoms with Crippen molar-refractivity contribution < 1.29 is 9.90 Å². The lowest BCUT2D eigenvalue weighted by molar-refractivity contribution is -0.120. The summed E-state index contributed by atoms with van der Waals surface area (Å²) >= 11 is 0. The highest BCUT2D eigenvalue weighted by Gasteiger charge is 2.15. The molecule has 120 valence electrons. The summed E-state index contributed by atoms with van der Waals surface area (Å²) in [5.74, 6) is 0.942. The van der Waals surface area contributed by atoms with E-state index < -0.39 is 0 Å². The van der Waals surface area contributed by atoms with E-state index in [1.807, 2.05) is 25.6 Å². The molecule has 0 aliphatic carbocycles. The molecule has 1 aromatic heterocycles. The second-order valence-corrected chi connectivity index (χ2v) is 6.26. The van der Waals surface area contributed by atoms with Gasteiger partial charge < -0.3 is 10.4 Å². The fourth-order valence-electron chi connectivity index (χ4n) is 2.71. The van der Waals surface area contributed by atoms with Crippen molar-refractivity contribution in [1.29, 1.82) is 0 Å². The second-order valence-electron chi connectivity index (χ2n) is 6.26. The number of aliphatic hydroxyl groups excluding tert-OH is 1. The summed E-state index contributed by atoms with van der Waals surface area (Å²) in [6.07, 6.45) is 2.13. The van der Waals surface area contributed by atoms with E-state index in [9.17, 15) is 4.79 Å². The van der Waals surface area contributed by atoms with Crippen LogP contribution in [0.2, 0.25) is 0 Å². The number of aliphatic hydroxyl groups is 1. The molecule has 1 atom stereocenters. The average molecular weight is 295 g/mol. The lowest BCUT2D eigenvalue weighted by Crippen LogP contribution is -2.31. The van der Waals surface area contributed by atoms with Gasteiger partial charge in [0.25, 0.3) is 0 Å². The van der Waals surface area contributed by atoms with Gasteiger partial charge in [-0.15, -0.1) is 0 Å². The van der Waals surface area contributed by atoms with E-state index in [-0.39, 0.29) is 12.5 Å². The molecule has 0 bridgehead atoms. The average Bonchev–Trinajstić information content (AvgIpc) is 2.62. The van der Waals surface area contributed by atoms with Crippen molar-refractivity contribution in [2.45, 2.75) is 47.0 Å². The standard InChI is InChI=1S/C16H29N3O2/c1-11(2)8-14(6-7-20)10-17-16(21)9-15-12(3)18-19(5)13(15)4/h11,14,20H,6-10H2,1-5H3,(H,17,21). The van der Waals surface area contributed by atoms with Crippen molar-refractivity contribution in [2.24, 2.45) is 18.9 Å². The first-order valence-electron chi connectivity index (χ1n) is 7.71. The number of hydrogen-bond acceptors (Lipinski definition) is 3. The van der Waals surface area contributed by atoms with Crippen LogP contribution < -0.4 is 5.32 Å². The highest BCUT2D eigenvalue weighted by Crippen LogP contribution is 2.15. The monoisotopic (exact) mass is 295 g/mol. The van der Waals surface area contributed by atoms with Gasteiger partial charge in [-0.2, -0.15) is 5.10 Å². The summed E-state index contributed by atoms with van der Waals surface area (Å²) in [7, 11) is 1.89. The summed E-state index contributed by atoms with van der Waals surface area (Å²) in [5, 5.41) is 16.4. The van der Waals surface area contributed by atoms with Crippen molar-refractivity contribution >= 4 is 5.91 Å². The Morgan fingerprint density at radius 3 is 2.52 bits per heavy atom.